The van der Waals surface area contributed by atoms with Crippen molar-refractivity contribution in [2.45, 2.75) is 51.4 Å². The van der Waals surface area contributed by atoms with E-state index in [9.17, 15) is 0 Å². The average molecular weight is 402 g/mol. The normalized spacial score (nSPS) is 11.3. The van der Waals surface area contributed by atoms with Gasteiger partial charge in [-0.2, -0.15) is 0 Å². The van der Waals surface area contributed by atoms with E-state index in [0.29, 0.717) is 6.61 Å². The summed E-state index contributed by atoms with van der Waals surface area (Å²) >= 11 is 4.47. The van der Waals surface area contributed by atoms with Gasteiger partial charge in [-0.15, -0.1) is 11.3 Å². The van der Waals surface area contributed by atoms with Crippen molar-refractivity contribution < 1.29 is 5.11 Å². The molecule has 0 bridgehead atoms. The van der Waals surface area contributed by atoms with Crippen LogP contribution in [-0.4, -0.2) is 11.7 Å². The van der Waals surface area contributed by atoms with Gasteiger partial charge in [-0.1, -0.05) is 50.3 Å². The van der Waals surface area contributed by atoms with Crippen LogP contribution in [0.4, 0.5) is 0 Å². The van der Waals surface area contributed by atoms with Crippen LogP contribution in [0.1, 0.15) is 49.8 Å². The molecule has 2 aromatic rings. The van der Waals surface area contributed by atoms with E-state index in [1.165, 1.54) is 58.6 Å². The Morgan fingerprint density at radius 3 is 2.25 bits per heavy atom. The highest BCUT2D eigenvalue weighted by molar-refractivity contribution is 14.1. The fraction of sp³-hybridized carbons (Fsp3) is 0.529. The Kier molecular flexibility index (Phi) is 7.31. The molecule has 1 nitrogen and oxygen atoms in total. The molecule has 0 radical (unpaired) electrons. The molecule has 3 heteroatoms. The summed E-state index contributed by atoms with van der Waals surface area (Å²) in [5.74, 6) is 0. The number of hydrogen-bond acceptors (Lipinski definition) is 2. The molecule has 2 rings (SSSR count). The molecule has 0 amide bonds. The highest BCUT2D eigenvalue weighted by atomic mass is 127. The molecule has 20 heavy (non-hydrogen) atoms. The van der Waals surface area contributed by atoms with E-state index in [2.05, 4.69) is 46.9 Å². The predicted molar refractivity (Wildman–Crippen MR) is 97.7 cm³/mol. The zero-order chi connectivity index (χ0) is 14.2. The lowest BCUT2D eigenvalue weighted by Crippen LogP contribution is -1.86. The topological polar surface area (TPSA) is 20.2 Å². The lowest BCUT2D eigenvalue weighted by molar-refractivity contribution is 0.282. The second-order valence-electron chi connectivity index (χ2n) is 5.28. The van der Waals surface area contributed by atoms with Crippen molar-refractivity contribution in [2.24, 2.45) is 0 Å². The smallest absolute Gasteiger partial charge is 0.0431 e. The van der Waals surface area contributed by atoms with E-state index >= 15 is 0 Å². The van der Waals surface area contributed by atoms with E-state index in [-0.39, 0.29) is 0 Å². The van der Waals surface area contributed by atoms with Gasteiger partial charge in [0.1, 0.15) is 0 Å². The SMILES string of the molecule is OCCCCCCCCCc1sc2ccccc2c1I. The molecular formula is C17H23IOS. The van der Waals surface area contributed by atoms with Gasteiger partial charge < -0.3 is 5.11 Å². The highest BCUT2D eigenvalue weighted by Crippen LogP contribution is 2.33. The fourth-order valence-corrected chi connectivity index (χ4v) is 4.90. The van der Waals surface area contributed by atoms with Gasteiger partial charge in [0, 0.05) is 25.1 Å². The first kappa shape index (κ1) is 16.2. The summed E-state index contributed by atoms with van der Waals surface area (Å²) in [5, 5.41) is 10.1. The maximum absolute atomic E-state index is 8.72. The first-order valence-electron chi connectivity index (χ1n) is 7.59. The lowest BCUT2D eigenvalue weighted by Gasteiger charge is -2.01. The van der Waals surface area contributed by atoms with Gasteiger partial charge in [-0.3, -0.25) is 0 Å². The highest BCUT2D eigenvalue weighted by Gasteiger charge is 2.08. The quantitative estimate of drug-likeness (QED) is 0.417. The molecule has 0 spiro atoms. The number of hydrogen-bond donors (Lipinski definition) is 1. The van der Waals surface area contributed by atoms with Crippen molar-refractivity contribution in [1.29, 1.82) is 0 Å². The molecule has 0 fully saturated rings. The van der Waals surface area contributed by atoms with Gasteiger partial charge in [0.05, 0.1) is 0 Å². The number of rotatable bonds is 9. The van der Waals surface area contributed by atoms with E-state index in [1.807, 2.05) is 11.3 Å². The molecule has 0 aliphatic carbocycles. The van der Waals surface area contributed by atoms with Crippen LogP contribution in [0.25, 0.3) is 10.1 Å². The Bertz CT molecular complexity index is 521. The second-order valence-corrected chi connectivity index (χ2v) is 7.50. The van der Waals surface area contributed by atoms with Gasteiger partial charge in [0.25, 0.3) is 0 Å². The molecular weight excluding hydrogens is 379 g/mol. The molecule has 0 saturated heterocycles. The van der Waals surface area contributed by atoms with E-state index in [0.717, 1.165) is 6.42 Å². The minimum absolute atomic E-state index is 0.352. The Labute approximate surface area is 139 Å². The summed E-state index contributed by atoms with van der Waals surface area (Å²) in [6.45, 7) is 0.352. The Balaban J connectivity index is 1.69. The number of aliphatic hydroxyl groups excluding tert-OH is 1. The number of fused-ring (bicyclic) bond motifs is 1. The molecule has 110 valence electrons. The Morgan fingerprint density at radius 2 is 1.55 bits per heavy atom. The number of unbranched alkanes of at least 4 members (excludes halogenated alkanes) is 6. The van der Waals surface area contributed by atoms with Crippen molar-refractivity contribution in [3.05, 3.63) is 32.7 Å². The first-order valence-corrected chi connectivity index (χ1v) is 9.49. The second kappa shape index (κ2) is 9.00. The van der Waals surface area contributed by atoms with Gasteiger partial charge in [0.2, 0.25) is 0 Å². The summed E-state index contributed by atoms with van der Waals surface area (Å²) in [5.41, 5.74) is 0. The van der Waals surface area contributed by atoms with Crippen LogP contribution in [0.3, 0.4) is 0 Å². The van der Waals surface area contributed by atoms with Crippen LogP contribution >= 0.6 is 33.9 Å². The van der Waals surface area contributed by atoms with Gasteiger partial charge in [0.15, 0.2) is 0 Å². The average Bonchev–Trinajstić information content (AvgIpc) is 2.79. The summed E-state index contributed by atoms with van der Waals surface area (Å²) in [7, 11) is 0. The zero-order valence-electron chi connectivity index (χ0n) is 11.9. The molecule has 1 aromatic heterocycles. The maximum Gasteiger partial charge on any atom is 0.0431 e. The van der Waals surface area contributed by atoms with Crippen molar-refractivity contribution >= 4 is 44.0 Å². The minimum Gasteiger partial charge on any atom is -0.396 e. The third kappa shape index (κ3) is 4.71. The van der Waals surface area contributed by atoms with Gasteiger partial charge >= 0.3 is 0 Å². The zero-order valence-corrected chi connectivity index (χ0v) is 14.9. The van der Waals surface area contributed by atoms with Crippen LogP contribution in [0.15, 0.2) is 24.3 Å². The first-order chi connectivity index (χ1) is 9.83. The largest absolute Gasteiger partial charge is 0.396 e. The predicted octanol–water partition coefficient (Wildman–Crippen LogP) is 5.77. The summed E-state index contributed by atoms with van der Waals surface area (Å²) in [6, 6.07) is 8.73. The third-order valence-electron chi connectivity index (χ3n) is 3.66. The molecule has 0 unspecified atom stereocenters. The van der Waals surface area contributed by atoms with Crippen LogP contribution in [0.2, 0.25) is 0 Å². The Morgan fingerprint density at radius 1 is 0.900 bits per heavy atom. The summed E-state index contributed by atoms with van der Waals surface area (Å²) in [4.78, 5) is 1.56. The summed E-state index contributed by atoms with van der Waals surface area (Å²) < 4.78 is 2.89. The molecule has 1 aromatic carbocycles. The molecule has 0 aliphatic heterocycles. The van der Waals surface area contributed by atoms with Gasteiger partial charge in [-0.25, -0.2) is 0 Å². The van der Waals surface area contributed by atoms with Crippen molar-refractivity contribution in [3.63, 3.8) is 0 Å². The van der Waals surface area contributed by atoms with Crippen LogP contribution in [-0.2, 0) is 6.42 Å². The number of benzene rings is 1. The monoisotopic (exact) mass is 402 g/mol. The van der Waals surface area contributed by atoms with Crippen LogP contribution in [0.5, 0.6) is 0 Å². The van der Waals surface area contributed by atoms with Crippen molar-refractivity contribution in [3.8, 4) is 0 Å². The number of aryl methyl sites for hydroxylation is 1. The molecule has 0 atom stereocenters. The maximum atomic E-state index is 8.72. The van der Waals surface area contributed by atoms with Crippen LogP contribution < -0.4 is 0 Å². The number of thiophene rings is 1. The van der Waals surface area contributed by atoms with Crippen LogP contribution in [0, 0.1) is 3.57 Å². The van der Waals surface area contributed by atoms with Crippen molar-refractivity contribution in [1.82, 2.24) is 0 Å². The van der Waals surface area contributed by atoms with E-state index in [1.54, 1.807) is 4.88 Å². The standard InChI is InChI=1S/C17H23IOS/c18-17-14-10-7-8-11-15(14)20-16(17)12-6-4-2-1-3-5-9-13-19/h7-8,10-11,19H,1-6,9,12-13H2. The van der Waals surface area contributed by atoms with Gasteiger partial charge in [-0.05, 0) is 47.9 Å². The third-order valence-corrected chi connectivity index (χ3v) is 6.49. The molecule has 1 heterocycles. The molecule has 0 saturated carbocycles. The van der Waals surface area contributed by atoms with E-state index in [4.69, 9.17) is 5.11 Å². The number of halogens is 1. The van der Waals surface area contributed by atoms with E-state index < -0.39 is 0 Å². The lowest BCUT2D eigenvalue weighted by atomic mass is 10.1. The molecule has 1 N–H and O–H groups in total. The van der Waals surface area contributed by atoms with Crippen molar-refractivity contribution in [2.75, 3.05) is 6.61 Å². The number of aliphatic hydroxyl groups is 1. The minimum atomic E-state index is 0.352. The fourth-order valence-electron chi connectivity index (χ4n) is 2.51. The Hall–Kier alpha value is -0.130. The molecule has 0 aliphatic rings. The summed E-state index contributed by atoms with van der Waals surface area (Å²) in [6.07, 6.45) is 9.97.